The second kappa shape index (κ2) is 6.55. The van der Waals surface area contributed by atoms with Crippen LogP contribution in [-0.4, -0.2) is 40.3 Å². The highest BCUT2D eigenvalue weighted by atomic mass is 79.9. The molecule has 1 saturated heterocycles. The van der Waals surface area contributed by atoms with Crippen LogP contribution >= 0.6 is 15.9 Å². The van der Waals surface area contributed by atoms with Crippen LogP contribution in [-0.2, 0) is 6.54 Å². The normalized spacial score (nSPS) is 24.6. The Labute approximate surface area is 118 Å². The Bertz CT molecular complexity index is 397. The Morgan fingerprint density at radius 1 is 1.22 bits per heavy atom. The van der Waals surface area contributed by atoms with Crippen molar-refractivity contribution in [2.24, 2.45) is 0 Å². The van der Waals surface area contributed by atoms with Gasteiger partial charge in [-0.2, -0.15) is 0 Å². The van der Waals surface area contributed by atoms with Crippen molar-refractivity contribution >= 4 is 15.9 Å². The molecule has 4 heteroatoms. The van der Waals surface area contributed by atoms with Gasteiger partial charge in [-0.1, -0.05) is 0 Å². The number of halogens is 1. The lowest BCUT2D eigenvalue weighted by atomic mass is 10.2. The van der Waals surface area contributed by atoms with Gasteiger partial charge in [0, 0.05) is 12.0 Å². The van der Waals surface area contributed by atoms with Crippen molar-refractivity contribution in [2.45, 2.75) is 13.0 Å². The zero-order valence-corrected chi connectivity index (χ0v) is 12.8. The van der Waals surface area contributed by atoms with Crippen LogP contribution in [0.15, 0.2) is 22.7 Å². The lowest BCUT2D eigenvalue weighted by Crippen LogP contribution is -3.15. The van der Waals surface area contributed by atoms with Crippen LogP contribution in [0.2, 0.25) is 0 Å². The molecule has 2 unspecified atom stereocenters. The summed E-state index contributed by atoms with van der Waals surface area (Å²) in [5, 5.41) is 0. The van der Waals surface area contributed by atoms with Crippen LogP contribution in [0.3, 0.4) is 0 Å². The average molecular weight is 315 g/mol. The van der Waals surface area contributed by atoms with Crippen molar-refractivity contribution in [1.82, 2.24) is 0 Å². The average Bonchev–Trinajstić information content (AvgIpc) is 2.55. The molecular weight excluding hydrogens is 292 g/mol. The molecule has 0 aromatic heterocycles. The molecule has 0 amide bonds. The minimum Gasteiger partial charge on any atom is -0.496 e. The van der Waals surface area contributed by atoms with Crippen molar-refractivity contribution in [3.05, 3.63) is 28.2 Å². The molecule has 0 saturated carbocycles. The minimum absolute atomic E-state index is 0.911. The van der Waals surface area contributed by atoms with E-state index >= 15 is 0 Å². The Morgan fingerprint density at radius 3 is 2.78 bits per heavy atom. The Balaban J connectivity index is 1.98. The lowest BCUT2D eigenvalue weighted by Gasteiger charge is -2.16. The molecule has 1 fully saturated rings. The van der Waals surface area contributed by atoms with Gasteiger partial charge in [0.25, 0.3) is 0 Å². The summed E-state index contributed by atoms with van der Waals surface area (Å²) in [6.45, 7) is 6.29. The van der Waals surface area contributed by atoms with E-state index in [0.717, 1.165) is 16.8 Å². The number of rotatable bonds is 3. The van der Waals surface area contributed by atoms with E-state index in [1.165, 1.54) is 38.2 Å². The maximum atomic E-state index is 5.27. The monoisotopic (exact) mass is 314 g/mol. The van der Waals surface area contributed by atoms with Crippen LogP contribution in [0.25, 0.3) is 0 Å². The zero-order chi connectivity index (χ0) is 13.0. The first-order chi connectivity index (χ1) is 8.69. The fourth-order valence-electron chi connectivity index (χ4n) is 2.57. The SMILES string of the molecule is COc1ccc(C[NH+]2CCC[NH+](C)CC2)cc1Br. The van der Waals surface area contributed by atoms with Crippen molar-refractivity contribution in [1.29, 1.82) is 0 Å². The molecule has 0 spiro atoms. The highest BCUT2D eigenvalue weighted by Gasteiger charge is 2.17. The molecule has 1 aliphatic rings. The molecular formula is C14H23BrN2O+2. The number of ether oxygens (including phenoxy) is 1. The fraction of sp³-hybridized carbons (Fsp3) is 0.571. The Morgan fingerprint density at radius 2 is 2.06 bits per heavy atom. The number of likely N-dealkylation sites (N-methyl/N-ethyl adjacent to an activating group) is 1. The van der Waals surface area contributed by atoms with Gasteiger partial charge in [0.15, 0.2) is 0 Å². The summed E-state index contributed by atoms with van der Waals surface area (Å²) in [5.41, 5.74) is 1.39. The largest absolute Gasteiger partial charge is 0.496 e. The van der Waals surface area contributed by atoms with Gasteiger partial charge in [0.1, 0.15) is 25.4 Å². The van der Waals surface area contributed by atoms with Gasteiger partial charge in [-0.05, 0) is 34.1 Å². The number of hydrogen-bond donors (Lipinski definition) is 2. The first-order valence-electron chi connectivity index (χ1n) is 6.66. The summed E-state index contributed by atoms with van der Waals surface area (Å²) in [7, 11) is 4.01. The summed E-state index contributed by atoms with van der Waals surface area (Å²) in [5.74, 6) is 0.911. The van der Waals surface area contributed by atoms with Crippen LogP contribution in [0.5, 0.6) is 5.75 Å². The van der Waals surface area contributed by atoms with E-state index < -0.39 is 0 Å². The third kappa shape index (κ3) is 3.70. The van der Waals surface area contributed by atoms with Gasteiger partial charge in [0.05, 0.1) is 31.7 Å². The van der Waals surface area contributed by atoms with E-state index in [-0.39, 0.29) is 0 Å². The number of quaternary nitrogens is 2. The molecule has 100 valence electrons. The third-order valence-electron chi connectivity index (χ3n) is 3.71. The second-order valence-corrected chi connectivity index (χ2v) is 6.06. The molecule has 2 N–H and O–H groups in total. The molecule has 3 nitrogen and oxygen atoms in total. The van der Waals surface area contributed by atoms with Gasteiger partial charge in [-0.3, -0.25) is 0 Å². The van der Waals surface area contributed by atoms with Gasteiger partial charge >= 0.3 is 0 Å². The van der Waals surface area contributed by atoms with Gasteiger partial charge in [-0.15, -0.1) is 0 Å². The summed E-state index contributed by atoms with van der Waals surface area (Å²) >= 11 is 3.56. The van der Waals surface area contributed by atoms with Crippen molar-refractivity contribution in [2.75, 3.05) is 40.3 Å². The quantitative estimate of drug-likeness (QED) is 0.788. The Kier molecular flexibility index (Phi) is 5.03. The van der Waals surface area contributed by atoms with E-state index in [1.54, 1.807) is 16.9 Å². The molecule has 1 aromatic rings. The van der Waals surface area contributed by atoms with Crippen LogP contribution < -0.4 is 14.5 Å². The summed E-state index contributed by atoms with van der Waals surface area (Å²) in [6.07, 6.45) is 1.33. The summed E-state index contributed by atoms with van der Waals surface area (Å²) in [4.78, 5) is 3.37. The first-order valence-corrected chi connectivity index (χ1v) is 7.45. The van der Waals surface area contributed by atoms with E-state index in [0.29, 0.717) is 0 Å². The van der Waals surface area contributed by atoms with Crippen molar-refractivity contribution in [3.63, 3.8) is 0 Å². The molecule has 0 aliphatic carbocycles. The predicted octanol–water partition coefficient (Wildman–Crippen LogP) is -0.239. The van der Waals surface area contributed by atoms with E-state index in [4.69, 9.17) is 4.74 Å². The number of nitrogens with one attached hydrogen (secondary N) is 2. The first kappa shape index (κ1) is 13.8. The minimum atomic E-state index is 0.911. The van der Waals surface area contributed by atoms with Gasteiger partial charge in [-0.25, -0.2) is 0 Å². The third-order valence-corrected chi connectivity index (χ3v) is 4.33. The van der Waals surface area contributed by atoms with Gasteiger partial charge < -0.3 is 14.5 Å². The van der Waals surface area contributed by atoms with Crippen LogP contribution in [0, 0.1) is 0 Å². The molecule has 2 rings (SSSR count). The van der Waals surface area contributed by atoms with E-state index in [9.17, 15) is 0 Å². The summed E-state index contributed by atoms with van der Waals surface area (Å²) < 4.78 is 6.32. The predicted molar refractivity (Wildman–Crippen MR) is 76.3 cm³/mol. The van der Waals surface area contributed by atoms with Crippen LogP contribution in [0.4, 0.5) is 0 Å². The number of hydrogen-bond acceptors (Lipinski definition) is 1. The molecule has 1 heterocycles. The fourth-order valence-corrected chi connectivity index (χ4v) is 3.15. The highest BCUT2D eigenvalue weighted by molar-refractivity contribution is 9.10. The van der Waals surface area contributed by atoms with E-state index in [2.05, 4.69) is 35.1 Å². The molecule has 18 heavy (non-hydrogen) atoms. The Hall–Kier alpha value is -0.580. The van der Waals surface area contributed by atoms with Crippen molar-refractivity contribution in [3.8, 4) is 5.75 Å². The molecule has 1 aromatic carbocycles. The topological polar surface area (TPSA) is 18.1 Å². The maximum Gasteiger partial charge on any atom is 0.133 e. The molecule has 0 radical (unpaired) electrons. The molecule has 2 atom stereocenters. The zero-order valence-electron chi connectivity index (χ0n) is 11.3. The van der Waals surface area contributed by atoms with Crippen LogP contribution in [0.1, 0.15) is 12.0 Å². The highest BCUT2D eigenvalue weighted by Crippen LogP contribution is 2.25. The number of methoxy groups -OCH3 is 1. The lowest BCUT2D eigenvalue weighted by molar-refractivity contribution is -0.938. The van der Waals surface area contributed by atoms with Gasteiger partial charge in [0.2, 0.25) is 0 Å². The molecule has 0 bridgehead atoms. The van der Waals surface area contributed by atoms with Crippen molar-refractivity contribution < 1.29 is 14.5 Å². The summed E-state index contributed by atoms with van der Waals surface area (Å²) in [6, 6.07) is 6.42. The molecule has 1 aliphatic heterocycles. The number of benzene rings is 1. The second-order valence-electron chi connectivity index (χ2n) is 5.21. The standard InChI is InChI=1S/C14H21BrN2O/c1-16-6-3-7-17(9-8-16)11-12-4-5-14(18-2)13(15)10-12/h4-5,10H,3,6-9,11H2,1-2H3/p+2. The maximum absolute atomic E-state index is 5.27. The smallest absolute Gasteiger partial charge is 0.133 e. The van der Waals surface area contributed by atoms with E-state index in [1.807, 2.05) is 6.07 Å².